The van der Waals surface area contributed by atoms with Gasteiger partial charge in [0.25, 0.3) is 9.05 Å². The molecule has 0 aliphatic carbocycles. The molecule has 1 aromatic rings. The van der Waals surface area contributed by atoms with E-state index in [9.17, 15) is 13.2 Å². The number of aromatic nitrogens is 2. The molecule has 7 nitrogen and oxygen atoms in total. The van der Waals surface area contributed by atoms with Gasteiger partial charge >= 0.3 is 5.97 Å². The largest absolute Gasteiger partial charge is 0.480 e. The molecule has 9 heteroatoms. The van der Waals surface area contributed by atoms with Gasteiger partial charge in [0.2, 0.25) is 0 Å². The molecule has 1 heterocycles. The maximum absolute atomic E-state index is 11.2. The quantitative estimate of drug-likeness (QED) is 0.773. The number of aliphatic carboxylic acids is 1. The van der Waals surface area contributed by atoms with Crippen LogP contribution < -0.4 is 0 Å². The van der Waals surface area contributed by atoms with E-state index in [-0.39, 0.29) is 11.3 Å². The number of halogens is 1. The summed E-state index contributed by atoms with van der Waals surface area (Å²) in [4.78, 5) is 10.5. The van der Waals surface area contributed by atoms with E-state index in [1.54, 1.807) is 6.07 Å². The van der Waals surface area contributed by atoms with Crippen molar-refractivity contribution in [3.8, 4) is 6.07 Å². The zero-order valence-electron chi connectivity index (χ0n) is 8.01. The Labute approximate surface area is 95.3 Å². The van der Waals surface area contributed by atoms with Crippen molar-refractivity contribution in [3.05, 3.63) is 11.3 Å². The molecule has 0 amide bonds. The van der Waals surface area contributed by atoms with Crippen molar-refractivity contribution in [2.45, 2.75) is 18.5 Å². The molecule has 0 unspecified atom stereocenters. The Hall–Kier alpha value is -1.59. The van der Waals surface area contributed by atoms with Crippen LogP contribution in [0.3, 0.4) is 0 Å². The van der Waals surface area contributed by atoms with Crippen LogP contribution >= 0.6 is 10.7 Å². The SMILES string of the molecule is Cc1nn(CC(=O)O)c(S(=O)(=O)Cl)c1C#N. The van der Waals surface area contributed by atoms with Crippen molar-refractivity contribution in [2.24, 2.45) is 0 Å². The third kappa shape index (κ3) is 2.32. The minimum absolute atomic E-state index is 0.114. The Kier molecular flexibility index (Phi) is 3.21. The van der Waals surface area contributed by atoms with Crippen LogP contribution in [0.4, 0.5) is 0 Å². The van der Waals surface area contributed by atoms with E-state index in [1.807, 2.05) is 0 Å². The highest BCUT2D eigenvalue weighted by atomic mass is 35.7. The highest BCUT2D eigenvalue weighted by Crippen LogP contribution is 2.22. The van der Waals surface area contributed by atoms with Crippen LogP contribution in [0.1, 0.15) is 11.3 Å². The van der Waals surface area contributed by atoms with E-state index in [0.29, 0.717) is 4.68 Å². The van der Waals surface area contributed by atoms with Crippen molar-refractivity contribution >= 4 is 25.7 Å². The fourth-order valence-corrected chi connectivity index (χ4v) is 2.44. The summed E-state index contributed by atoms with van der Waals surface area (Å²) in [5.74, 6) is -1.28. The molecule has 1 rings (SSSR count). The van der Waals surface area contributed by atoms with Crippen molar-refractivity contribution in [1.29, 1.82) is 5.26 Å². The highest BCUT2D eigenvalue weighted by molar-refractivity contribution is 8.13. The number of rotatable bonds is 3. The van der Waals surface area contributed by atoms with Gasteiger partial charge in [-0.1, -0.05) is 0 Å². The molecule has 0 radical (unpaired) electrons. The molecule has 0 aromatic carbocycles. The number of aryl methyl sites for hydroxylation is 1. The lowest BCUT2D eigenvalue weighted by molar-refractivity contribution is -0.138. The lowest BCUT2D eigenvalue weighted by Crippen LogP contribution is -2.14. The summed E-state index contributed by atoms with van der Waals surface area (Å²) in [6, 6.07) is 1.62. The van der Waals surface area contributed by atoms with Crippen LogP contribution in [-0.2, 0) is 20.4 Å². The molecule has 0 aliphatic heterocycles. The van der Waals surface area contributed by atoms with Crippen LogP contribution in [0.25, 0.3) is 0 Å². The van der Waals surface area contributed by atoms with Crippen LogP contribution in [0.5, 0.6) is 0 Å². The Morgan fingerprint density at radius 2 is 2.25 bits per heavy atom. The summed E-state index contributed by atoms with van der Waals surface area (Å²) in [7, 11) is 0.898. The van der Waals surface area contributed by atoms with Crippen LogP contribution in [-0.4, -0.2) is 29.3 Å². The fraction of sp³-hybridized carbons (Fsp3) is 0.286. The van der Waals surface area contributed by atoms with E-state index < -0.39 is 26.6 Å². The third-order valence-electron chi connectivity index (χ3n) is 1.71. The molecule has 1 aromatic heterocycles. The van der Waals surface area contributed by atoms with Gasteiger partial charge < -0.3 is 5.11 Å². The van der Waals surface area contributed by atoms with Crippen LogP contribution in [0.15, 0.2) is 5.03 Å². The van der Waals surface area contributed by atoms with Gasteiger partial charge in [0.1, 0.15) is 18.2 Å². The second-order valence-electron chi connectivity index (χ2n) is 2.87. The fourth-order valence-electron chi connectivity index (χ4n) is 1.17. The zero-order valence-corrected chi connectivity index (χ0v) is 9.58. The van der Waals surface area contributed by atoms with Crippen LogP contribution in [0, 0.1) is 18.3 Å². The Balaban J connectivity index is 3.53. The molecule has 0 fully saturated rings. The van der Waals surface area contributed by atoms with Crippen molar-refractivity contribution in [2.75, 3.05) is 0 Å². The highest BCUT2D eigenvalue weighted by Gasteiger charge is 2.26. The first kappa shape index (κ1) is 12.5. The molecule has 0 bridgehead atoms. The molecular formula is C7H6ClN3O4S. The molecule has 0 saturated heterocycles. The number of carboxylic acid groups (broad SMARTS) is 1. The molecule has 0 aliphatic rings. The smallest absolute Gasteiger partial charge is 0.325 e. The minimum Gasteiger partial charge on any atom is -0.480 e. The molecule has 86 valence electrons. The first-order valence-electron chi connectivity index (χ1n) is 3.91. The van der Waals surface area contributed by atoms with Gasteiger partial charge in [-0.2, -0.15) is 10.4 Å². The summed E-state index contributed by atoms with van der Waals surface area (Å²) in [5, 5.41) is 20.3. The Morgan fingerprint density at radius 1 is 1.69 bits per heavy atom. The van der Waals surface area contributed by atoms with E-state index in [4.69, 9.17) is 21.1 Å². The van der Waals surface area contributed by atoms with Gasteiger partial charge in [-0.05, 0) is 6.92 Å². The average Bonchev–Trinajstić information content (AvgIpc) is 2.39. The zero-order chi connectivity index (χ0) is 12.5. The summed E-state index contributed by atoms with van der Waals surface area (Å²) >= 11 is 0. The van der Waals surface area contributed by atoms with E-state index >= 15 is 0 Å². The second kappa shape index (κ2) is 4.11. The van der Waals surface area contributed by atoms with Gasteiger partial charge in [0, 0.05) is 10.7 Å². The summed E-state index contributed by atoms with van der Waals surface area (Å²) in [6.45, 7) is 0.715. The number of hydrogen-bond donors (Lipinski definition) is 1. The van der Waals surface area contributed by atoms with Gasteiger partial charge in [-0.3, -0.25) is 4.79 Å². The normalized spacial score (nSPS) is 11.1. The molecule has 1 N–H and O–H groups in total. The lowest BCUT2D eigenvalue weighted by Gasteiger charge is -2.00. The number of carbonyl (C=O) groups is 1. The predicted molar refractivity (Wildman–Crippen MR) is 52.4 cm³/mol. The maximum Gasteiger partial charge on any atom is 0.325 e. The molecule has 0 saturated carbocycles. The first-order chi connectivity index (χ1) is 7.27. The maximum atomic E-state index is 11.2. The first-order valence-corrected chi connectivity index (χ1v) is 6.22. The molecule has 0 spiro atoms. The number of carboxylic acids is 1. The summed E-state index contributed by atoms with van der Waals surface area (Å²) < 4.78 is 23.1. The number of nitrogens with zero attached hydrogens (tertiary/aromatic N) is 3. The molecule has 16 heavy (non-hydrogen) atoms. The lowest BCUT2D eigenvalue weighted by atomic mass is 10.3. The van der Waals surface area contributed by atoms with Crippen molar-refractivity contribution in [3.63, 3.8) is 0 Å². The predicted octanol–water partition coefficient (Wildman–Crippen LogP) is 0.0753. The Bertz CT molecular complexity index is 584. The van der Waals surface area contributed by atoms with Crippen LogP contribution in [0.2, 0.25) is 0 Å². The number of nitriles is 1. The number of hydrogen-bond acceptors (Lipinski definition) is 5. The summed E-state index contributed by atoms with van der Waals surface area (Å²) in [5.41, 5.74) is -0.126. The monoisotopic (exact) mass is 263 g/mol. The van der Waals surface area contributed by atoms with Gasteiger partial charge in [0.05, 0.1) is 5.69 Å². The van der Waals surface area contributed by atoms with Gasteiger partial charge in [-0.15, -0.1) is 0 Å². The Morgan fingerprint density at radius 3 is 2.62 bits per heavy atom. The second-order valence-corrected chi connectivity index (χ2v) is 5.35. The van der Waals surface area contributed by atoms with E-state index in [0.717, 1.165) is 0 Å². The van der Waals surface area contributed by atoms with Crippen molar-refractivity contribution in [1.82, 2.24) is 9.78 Å². The average molecular weight is 264 g/mol. The van der Waals surface area contributed by atoms with Gasteiger partial charge in [-0.25, -0.2) is 13.1 Å². The van der Waals surface area contributed by atoms with Gasteiger partial charge in [0.15, 0.2) is 5.03 Å². The standard InChI is InChI=1S/C7H6ClN3O4S/c1-4-5(2-9)7(16(8,14)15)11(10-4)3-6(12)13/h3H2,1H3,(H,12,13). The molecule has 0 atom stereocenters. The minimum atomic E-state index is -4.21. The van der Waals surface area contributed by atoms with E-state index in [1.165, 1.54) is 6.92 Å². The molecular weight excluding hydrogens is 258 g/mol. The summed E-state index contributed by atoms with van der Waals surface area (Å²) in [6.07, 6.45) is 0. The topological polar surface area (TPSA) is 113 Å². The van der Waals surface area contributed by atoms with E-state index in [2.05, 4.69) is 5.10 Å². The third-order valence-corrected chi connectivity index (χ3v) is 3.02. The van der Waals surface area contributed by atoms with Crippen molar-refractivity contribution < 1.29 is 18.3 Å².